The third-order valence-corrected chi connectivity index (χ3v) is 5.72. The van der Waals surface area contributed by atoms with Gasteiger partial charge in [-0.1, -0.05) is 49.4 Å². The van der Waals surface area contributed by atoms with Crippen LogP contribution in [0.1, 0.15) is 51.3 Å². The number of methoxy groups -OCH3 is 1. The van der Waals surface area contributed by atoms with Crippen molar-refractivity contribution in [2.45, 2.75) is 39.8 Å². The summed E-state index contributed by atoms with van der Waals surface area (Å²) >= 11 is 0. The highest BCUT2D eigenvalue weighted by Crippen LogP contribution is 2.25. The molecule has 0 bridgehead atoms. The highest BCUT2D eigenvalue weighted by Gasteiger charge is 2.22. The zero-order valence-corrected chi connectivity index (χ0v) is 18.1. The van der Waals surface area contributed by atoms with E-state index in [-0.39, 0.29) is 0 Å². The van der Waals surface area contributed by atoms with Crippen molar-refractivity contribution < 1.29 is 14.6 Å². The van der Waals surface area contributed by atoms with Crippen molar-refractivity contribution in [3.05, 3.63) is 88.2 Å². The van der Waals surface area contributed by atoms with Crippen molar-refractivity contribution in [1.82, 2.24) is 9.88 Å². The van der Waals surface area contributed by atoms with Gasteiger partial charge in [-0.3, -0.25) is 0 Å². The van der Waals surface area contributed by atoms with E-state index in [9.17, 15) is 9.90 Å². The molecule has 2 N–H and O–H groups in total. The summed E-state index contributed by atoms with van der Waals surface area (Å²) in [5.74, 6) is 0.262. The van der Waals surface area contributed by atoms with E-state index in [0.29, 0.717) is 24.6 Å². The summed E-state index contributed by atoms with van der Waals surface area (Å²) in [4.78, 5) is 12.0. The van der Waals surface area contributed by atoms with Gasteiger partial charge in [-0.2, -0.15) is 0 Å². The number of hydrogen-bond donors (Lipinski definition) is 2. The van der Waals surface area contributed by atoms with Crippen LogP contribution in [0.5, 0.6) is 5.75 Å². The summed E-state index contributed by atoms with van der Waals surface area (Å²) in [6.07, 6.45) is 0. The molecule has 1 heterocycles. The molecule has 0 spiro atoms. The number of carboxylic acid groups (broad SMARTS) is 1. The second-order valence-corrected chi connectivity index (χ2v) is 7.71. The summed E-state index contributed by atoms with van der Waals surface area (Å²) in [5, 5.41) is 13.3. The van der Waals surface area contributed by atoms with E-state index in [1.807, 2.05) is 56.3 Å². The lowest BCUT2D eigenvalue weighted by Gasteiger charge is -2.14. The highest BCUT2D eigenvalue weighted by atomic mass is 16.5. The molecule has 0 radical (unpaired) electrons. The molecule has 5 heteroatoms. The predicted octanol–water partition coefficient (Wildman–Crippen LogP) is 4.75. The Labute approximate surface area is 178 Å². The molecule has 2 aromatic carbocycles. The van der Waals surface area contributed by atoms with Gasteiger partial charge in [0.05, 0.1) is 12.7 Å². The van der Waals surface area contributed by atoms with Crippen LogP contribution in [0.15, 0.2) is 54.6 Å². The Balaban J connectivity index is 1.80. The predicted molar refractivity (Wildman–Crippen MR) is 120 cm³/mol. The molecule has 0 aliphatic carbocycles. The van der Waals surface area contributed by atoms with Crippen LogP contribution < -0.4 is 10.1 Å². The average molecular weight is 407 g/mol. The Morgan fingerprint density at radius 2 is 1.83 bits per heavy atom. The molecule has 0 saturated heterocycles. The Hall–Kier alpha value is -3.05. The summed E-state index contributed by atoms with van der Waals surface area (Å²) in [5.41, 5.74) is 5.35. The second-order valence-electron chi connectivity index (χ2n) is 7.71. The monoisotopic (exact) mass is 406 g/mol. The molecule has 3 aromatic rings. The number of carbonyl (C=O) groups is 1. The minimum absolute atomic E-state index is 0.347. The number of aromatic nitrogens is 1. The standard InChI is InChI=1S/C25H30N2O3/c1-17(21-10-6-5-7-11-21)14-26-15-23-18(2)27(19(3)24(23)25(28)29)16-20-9-8-12-22(13-20)30-4/h5-13,17,26H,14-16H2,1-4H3,(H,28,29)/t17-/m0/s1. The molecule has 0 fully saturated rings. The molecule has 0 unspecified atom stereocenters. The van der Waals surface area contributed by atoms with Gasteiger partial charge in [0, 0.05) is 36.6 Å². The first-order valence-corrected chi connectivity index (χ1v) is 10.2. The topological polar surface area (TPSA) is 63.5 Å². The van der Waals surface area contributed by atoms with Gasteiger partial charge in [-0.15, -0.1) is 0 Å². The fourth-order valence-electron chi connectivity index (χ4n) is 3.95. The van der Waals surface area contributed by atoms with Crippen LogP contribution in [0.4, 0.5) is 0 Å². The Morgan fingerprint density at radius 3 is 2.50 bits per heavy atom. The van der Waals surface area contributed by atoms with Gasteiger partial charge in [0.25, 0.3) is 0 Å². The van der Waals surface area contributed by atoms with Crippen LogP contribution in [0.25, 0.3) is 0 Å². The van der Waals surface area contributed by atoms with E-state index in [4.69, 9.17) is 4.74 Å². The maximum atomic E-state index is 12.0. The van der Waals surface area contributed by atoms with Crippen molar-refractivity contribution in [3.63, 3.8) is 0 Å². The van der Waals surface area contributed by atoms with Crippen molar-refractivity contribution in [3.8, 4) is 5.75 Å². The summed E-state index contributed by atoms with van der Waals surface area (Å²) in [7, 11) is 1.65. The molecule has 3 rings (SSSR count). The quantitative estimate of drug-likeness (QED) is 0.538. The fraction of sp³-hybridized carbons (Fsp3) is 0.320. The van der Waals surface area contributed by atoms with E-state index in [2.05, 4.69) is 28.9 Å². The third kappa shape index (κ3) is 4.74. The van der Waals surface area contributed by atoms with Crippen molar-refractivity contribution in [2.75, 3.05) is 13.7 Å². The number of aromatic carboxylic acids is 1. The lowest BCUT2D eigenvalue weighted by Crippen LogP contribution is -2.21. The van der Waals surface area contributed by atoms with E-state index in [1.165, 1.54) is 5.56 Å². The Kier molecular flexibility index (Phi) is 6.95. The molecule has 1 aromatic heterocycles. The number of nitrogens with one attached hydrogen (secondary N) is 1. The Bertz CT molecular complexity index is 1010. The summed E-state index contributed by atoms with van der Waals surface area (Å²) in [6, 6.07) is 18.2. The number of rotatable bonds is 9. The van der Waals surface area contributed by atoms with Crippen molar-refractivity contribution >= 4 is 5.97 Å². The summed E-state index contributed by atoms with van der Waals surface area (Å²) in [6.45, 7) is 7.96. The SMILES string of the molecule is COc1cccc(Cn2c(C)c(CNC[C@H](C)c3ccccc3)c(C(=O)O)c2C)c1. The molecule has 30 heavy (non-hydrogen) atoms. The minimum atomic E-state index is -0.882. The molecule has 0 aliphatic heterocycles. The maximum absolute atomic E-state index is 12.0. The number of hydrogen-bond acceptors (Lipinski definition) is 3. The van der Waals surface area contributed by atoms with Crippen LogP contribution in [0, 0.1) is 13.8 Å². The van der Waals surface area contributed by atoms with Gasteiger partial charge < -0.3 is 19.7 Å². The molecule has 0 saturated carbocycles. The van der Waals surface area contributed by atoms with Gasteiger partial charge in [0.2, 0.25) is 0 Å². The number of carboxylic acids is 1. The minimum Gasteiger partial charge on any atom is -0.497 e. The number of ether oxygens (including phenoxy) is 1. The average Bonchev–Trinajstić information content (AvgIpc) is 2.99. The maximum Gasteiger partial charge on any atom is 0.337 e. The van der Waals surface area contributed by atoms with Gasteiger partial charge in [0.1, 0.15) is 5.75 Å². The lowest BCUT2D eigenvalue weighted by molar-refractivity contribution is 0.0694. The van der Waals surface area contributed by atoms with Gasteiger partial charge in [-0.05, 0) is 43.0 Å². The number of nitrogens with zero attached hydrogens (tertiary/aromatic N) is 1. The van der Waals surface area contributed by atoms with Crippen molar-refractivity contribution in [1.29, 1.82) is 0 Å². The number of benzene rings is 2. The largest absolute Gasteiger partial charge is 0.497 e. The molecule has 0 aliphatic rings. The van der Waals surface area contributed by atoms with Crippen LogP contribution in [-0.2, 0) is 13.1 Å². The van der Waals surface area contributed by atoms with E-state index in [0.717, 1.165) is 34.8 Å². The van der Waals surface area contributed by atoms with Crippen molar-refractivity contribution in [2.24, 2.45) is 0 Å². The van der Waals surface area contributed by atoms with Crippen LogP contribution in [0.2, 0.25) is 0 Å². The van der Waals surface area contributed by atoms with Crippen LogP contribution in [-0.4, -0.2) is 29.3 Å². The molecule has 5 nitrogen and oxygen atoms in total. The van der Waals surface area contributed by atoms with Crippen LogP contribution >= 0.6 is 0 Å². The molecule has 0 amide bonds. The second kappa shape index (κ2) is 9.63. The van der Waals surface area contributed by atoms with Gasteiger partial charge >= 0.3 is 5.97 Å². The van der Waals surface area contributed by atoms with E-state index in [1.54, 1.807) is 7.11 Å². The lowest BCUT2D eigenvalue weighted by atomic mass is 10.0. The molecule has 158 valence electrons. The first-order chi connectivity index (χ1) is 14.4. The van der Waals surface area contributed by atoms with Gasteiger partial charge in [0.15, 0.2) is 0 Å². The summed E-state index contributed by atoms with van der Waals surface area (Å²) < 4.78 is 7.40. The van der Waals surface area contributed by atoms with Gasteiger partial charge in [-0.25, -0.2) is 4.79 Å². The normalized spacial score (nSPS) is 12.0. The Morgan fingerprint density at radius 1 is 1.10 bits per heavy atom. The molecular weight excluding hydrogens is 376 g/mol. The molecular formula is C25H30N2O3. The molecule has 1 atom stereocenters. The third-order valence-electron chi connectivity index (χ3n) is 5.72. The smallest absolute Gasteiger partial charge is 0.337 e. The van der Waals surface area contributed by atoms with E-state index < -0.39 is 5.97 Å². The van der Waals surface area contributed by atoms with E-state index >= 15 is 0 Å². The van der Waals surface area contributed by atoms with Crippen LogP contribution in [0.3, 0.4) is 0 Å². The zero-order chi connectivity index (χ0) is 21.7. The highest BCUT2D eigenvalue weighted by molar-refractivity contribution is 5.91. The zero-order valence-electron chi connectivity index (χ0n) is 18.1. The fourth-order valence-corrected chi connectivity index (χ4v) is 3.95. The first-order valence-electron chi connectivity index (χ1n) is 10.2. The first kappa shape index (κ1) is 21.7.